The van der Waals surface area contributed by atoms with Crippen molar-refractivity contribution in [2.75, 3.05) is 13.1 Å². The average Bonchev–Trinajstić information content (AvgIpc) is 3.10. The third kappa shape index (κ3) is 3.58. The van der Waals surface area contributed by atoms with E-state index in [0.717, 1.165) is 50.0 Å². The summed E-state index contributed by atoms with van der Waals surface area (Å²) < 4.78 is 0. The van der Waals surface area contributed by atoms with Gasteiger partial charge in [-0.3, -0.25) is 14.7 Å². The molecule has 0 unspecified atom stereocenters. The summed E-state index contributed by atoms with van der Waals surface area (Å²) in [6, 6.07) is 0.561. The van der Waals surface area contributed by atoms with Gasteiger partial charge in [0.1, 0.15) is 0 Å². The van der Waals surface area contributed by atoms with Gasteiger partial charge < -0.3 is 9.80 Å². The van der Waals surface area contributed by atoms with Gasteiger partial charge >= 0.3 is 0 Å². The maximum Gasteiger partial charge on any atom is 0.257 e. The molecule has 2 amide bonds. The lowest BCUT2D eigenvalue weighted by molar-refractivity contribution is -0.131. The molecule has 1 aromatic heterocycles. The smallest absolute Gasteiger partial charge is 0.257 e. The summed E-state index contributed by atoms with van der Waals surface area (Å²) in [7, 11) is 0. The van der Waals surface area contributed by atoms with Crippen molar-refractivity contribution in [1.29, 1.82) is 0 Å². The van der Waals surface area contributed by atoms with Crippen molar-refractivity contribution in [3.63, 3.8) is 0 Å². The Morgan fingerprint density at radius 3 is 2.40 bits per heavy atom. The standard InChI is InChI=1S/C19H30N4O2/c1-4-17(24)22-10-8-15(9-11-22)18-16(12-20-21-18)19(25)23-13(2)6-5-7-14(23)3/h12-15H,4-11H2,1-3H3,(H,20,21)/t13-,14-/m0/s1. The van der Waals surface area contributed by atoms with Crippen LogP contribution in [0.4, 0.5) is 0 Å². The number of amides is 2. The lowest BCUT2D eigenvalue weighted by Crippen LogP contribution is -2.47. The predicted molar refractivity (Wildman–Crippen MR) is 96.4 cm³/mol. The molecule has 0 radical (unpaired) electrons. The Labute approximate surface area is 149 Å². The minimum Gasteiger partial charge on any atom is -0.343 e. The Balaban J connectivity index is 1.73. The number of carbonyl (C=O) groups is 2. The van der Waals surface area contributed by atoms with Gasteiger partial charge in [0, 0.05) is 37.5 Å². The number of nitrogens with one attached hydrogen (secondary N) is 1. The van der Waals surface area contributed by atoms with Crippen LogP contribution in [0.25, 0.3) is 0 Å². The van der Waals surface area contributed by atoms with Crippen molar-refractivity contribution in [3.05, 3.63) is 17.5 Å². The fourth-order valence-corrected chi connectivity index (χ4v) is 4.38. The molecule has 3 heterocycles. The maximum absolute atomic E-state index is 13.2. The van der Waals surface area contributed by atoms with Crippen molar-refractivity contribution in [2.45, 2.75) is 77.3 Å². The van der Waals surface area contributed by atoms with Crippen LogP contribution in [0.15, 0.2) is 6.20 Å². The van der Waals surface area contributed by atoms with Crippen molar-refractivity contribution < 1.29 is 9.59 Å². The van der Waals surface area contributed by atoms with E-state index in [4.69, 9.17) is 0 Å². The van der Waals surface area contributed by atoms with E-state index in [1.165, 1.54) is 6.42 Å². The zero-order chi connectivity index (χ0) is 18.0. The highest BCUT2D eigenvalue weighted by Crippen LogP contribution is 2.31. The molecule has 25 heavy (non-hydrogen) atoms. The van der Waals surface area contributed by atoms with E-state index in [1.54, 1.807) is 6.20 Å². The molecule has 2 aliphatic heterocycles. The molecule has 0 aliphatic carbocycles. The van der Waals surface area contributed by atoms with Gasteiger partial charge in [-0.2, -0.15) is 5.10 Å². The third-order valence-electron chi connectivity index (χ3n) is 5.89. The monoisotopic (exact) mass is 346 g/mol. The van der Waals surface area contributed by atoms with Gasteiger partial charge in [-0.05, 0) is 46.0 Å². The number of nitrogens with zero attached hydrogens (tertiary/aromatic N) is 3. The molecule has 6 heteroatoms. The van der Waals surface area contributed by atoms with Crippen LogP contribution in [0.3, 0.4) is 0 Å². The van der Waals surface area contributed by atoms with Crippen LogP contribution >= 0.6 is 0 Å². The number of hydrogen-bond donors (Lipinski definition) is 1. The van der Waals surface area contributed by atoms with Gasteiger partial charge in [-0.25, -0.2) is 0 Å². The van der Waals surface area contributed by atoms with E-state index in [9.17, 15) is 9.59 Å². The summed E-state index contributed by atoms with van der Waals surface area (Å²) in [5.41, 5.74) is 1.68. The molecule has 3 rings (SSSR count). The van der Waals surface area contributed by atoms with E-state index in [0.29, 0.717) is 6.42 Å². The predicted octanol–water partition coefficient (Wildman–Crippen LogP) is 2.93. The first-order valence-electron chi connectivity index (χ1n) is 9.66. The zero-order valence-corrected chi connectivity index (χ0v) is 15.6. The Kier molecular flexibility index (Phi) is 5.45. The summed E-state index contributed by atoms with van der Waals surface area (Å²) in [5.74, 6) is 0.601. The van der Waals surface area contributed by atoms with Gasteiger partial charge in [-0.15, -0.1) is 0 Å². The summed E-state index contributed by atoms with van der Waals surface area (Å²) in [5, 5.41) is 7.26. The number of carbonyl (C=O) groups excluding carboxylic acids is 2. The number of rotatable bonds is 3. The molecule has 2 saturated heterocycles. The SMILES string of the molecule is CCC(=O)N1CCC(c2[nH]ncc2C(=O)N2[C@@H](C)CCC[C@@H]2C)CC1. The van der Waals surface area contributed by atoms with Crippen LogP contribution in [0.2, 0.25) is 0 Å². The third-order valence-corrected chi connectivity index (χ3v) is 5.89. The Morgan fingerprint density at radius 1 is 1.16 bits per heavy atom. The minimum absolute atomic E-state index is 0.107. The van der Waals surface area contributed by atoms with Gasteiger partial charge in [0.25, 0.3) is 5.91 Å². The fraction of sp³-hybridized carbons (Fsp3) is 0.737. The van der Waals surface area contributed by atoms with Crippen molar-refractivity contribution in [2.24, 2.45) is 0 Å². The van der Waals surface area contributed by atoms with Crippen molar-refractivity contribution in [1.82, 2.24) is 20.0 Å². The number of aromatic amines is 1. The summed E-state index contributed by atoms with van der Waals surface area (Å²) in [6.07, 6.45) is 7.35. The Morgan fingerprint density at radius 2 is 1.80 bits per heavy atom. The quantitative estimate of drug-likeness (QED) is 0.915. The summed E-state index contributed by atoms with van der Waals surface area (Å²) >= 11 is 0. The molecule has 0 saturated carbocycles. The highest BCUT2D eigenvalue weighted by molar-refractivity contribution is 5.95. The second-order valence-corrected chi connectivity index (χ2v) is 7.55. The van der Waals surface area contributed by atoms with E-state index >= 15 is 0 Å². The van der Waals surface area contributed by atoms with Crippen LogP contribution in [-0.2, 0) is 4.79 Å². The zero-order valence-electron chi connectivity index (χ0n) is 15.6. The molecule has 0 bridgehead atoms. The van der Waals surface area contributed by atoms with Gasteiger partial charge in [0.05, 0.1) is 17.5 Å². The summed E-state index contributed by atoms with van der Waals surface area (Å²) in [4.78, 5) is 29.0. The van der Waals surface area contributed by atoms with E-state index in [2.05, 4.69) is 24.0 Å². The lowest BCUT2D eigenvalue weighted by Gasteiger charge is -2.39. The molecule has 2 atom stereocenters. The first-order valence-corrected chi connectivity index (χ1v) is 9.66. The van der Waals surface area contributed by atoms with E-state index < -0.39 is 0 Å². The first-order chi connectivity index (χ1) is 12.0. The second kappa shape index (κ2) is 7.58. The van der Waals surface area contributed by atoms with Crippen LogP contribution in [-0.4, -0.2) is 57.0 Å². The number of hydrogen-bond acceptors (Lipinski definition) is 3. The normalized spacial score (nSPS) is 25.2. The molecule has 0 spiro atoms. The number of likely N-dealkylation sites (tertiary alicyclic amines) is 2. The van der Waals surface area contributed by atoms with Gasteiger partial charge in [0.2, 0.25) is 5.91 Å². The van der Waals surface area contributed by atoms with Crippen molar-refractivity contribution in [3.8, 4) is 0 Å². The van der Waals surface area contributed by atoms with Crippen LogP contribution in [0, 0.1) is 0 Å². The Hall–Kier alpha value is -1.85. The van der Waals surface area contributed by atoms with E-state index in [-0.39, 0.29) is 29.8 Å². The molecule has 6 nitrogen and oxygen atoms in total. The van der Waals surface area contributed by atoms with Gasteiger partial charge in [0.15, 0.2) is 0 Å². The van der Waals surface area contributed by atoms with Crippen molar-refractivity contribution >= 4 is 11.8 Å². The maximum atomic E-state index is 13.2. The number of aromatic nitrogens is 2. The van der Waals surface area contributed by atoms with Gasteiger partial charge in [-0.1, -0.05) is 6.92 Å². The van der Waals surface area contributed by atoms with Crippen LogP contribution < -0.4 is 0 Å². The topological polar surface area (TPSA) is 69.3 Å². The molecule has 1 N–H and O–H groups in total. The second-order valence-electron chi connectivity index (χ2n) is 7.55. The lowest BCUT2D eigenvalue weighted by atomic mass is 9.90. The molecule has 2 fully saturated rings. The highest BCUT2D eigenvalue weighted by atomic mass is 16.2. The van der Waals surface area contributed by atoms with Crippen LogP contribution in [0.5, 0.6) is 0 Å². The number of H-pyrrole nitrogens is 1. The molecular formula is C19H30N4O2. The molecule has 0 aromatic carbocycles. The molecule has 1 aromatic rings. The average molecular weight is 346 g/mol. The van der Waals surface area contributed by atoms with E-state index in [1.807, 2.05) is 16.7 Å². The van der Waals surface area contributed by atoms with Crippen LogP contribution in [0.1, 0.15) is 81.3 Å². The number of piperidine rings is 2. The summed E-state index contributed by atoms with van der Waals surface area (Å²) in [6.45, 7) is 7.71. The molecule has 138 valence electrons. The largest absolute Gasteiger partial charge is 0.343 e. The first kappa shape index (κ1) is 18.0. The fourth-order valence-electron chi connectivity index (χ4n) is 4.38. The Bertz CT molecular complexity index is 609. The minimum atomic E-state index is 0.107. The molecule has 2 aliphatic rings. The highest BCUT2D eigenvalue weighted by Gasteiger charge is 2.33. The molecular weight excluding hydrogens is 316 g/mol.